The van der Waals surface area contributed by atoms with Gasteiger partial charge in [-0.25, -0.2) is 0 Å². The minimum absolute atomic E-state index is 0.242. The van der Waals surface area contributed by atoms with Crippen LogP contribution in [0.1, 0.15) is 57.2 Å². The Morgan fingerprint density at radius 1 is 1.17 bits per heavy atom. The van der Waals surface area contributed by atoms with E-state index in [0.29, 0.717) is 5.92 Å². The first-order valence-electron chi connectivity index (χ1n) is 6.96. The van der Waals surface area contributed by atoms with Crippen molar-refractivity contribution in [3.05, 3.63) is 34.9 Å². The maximum Gasteiger partial charge on any atom is 0.0226 e. The van der Waals surface area contributed by atoms with Crippen molar-refractivity contribution in [3.63, 3.8) is 0 Å². The molecule has 1 aromatic rings. The van der Waals surface area contributed by atoms with Crippen molar-refractivity contribution < 1.29 is 0 Å². The summed E-state index contributed by atoms with van der Waals surface area (Å²) in [4.78, 5) is 0. The molecule has 0 N–H and O–H groups in total. The normalized spacial score (nSPS) is 24.7. The molecule has 0 bridgehead atoms. The first kappa shape index (κ1) is 13.9. The maximum absolute atomic E-state index is 6.01. The van der Waals surface area contributed by atoms with Crippen LogP contribution in [-0.4, -0.2) is 5.88 Å². The van der Waals surface area contributed by atoms with E-state index < -0.39 is 0 Å². The van der Waals surface area contributed by atoms with Crippen LogP contribution in [0.15, 0.2) is 18.2 Å². The minimum Gasteiger partial charge on any atom is -0.127 e. The highest BCUT2D eigenvalue weighted by Crippen LogP contribution is 2.50. The summed E-state index contributed by atoms with van der Waals surface area (Å²) in [6, 6.07) is 6.97. The molecule has 2 rings (SSSR count). The van der Waals surface area contributed by atoms with Gasteiger partial charge in [0.2, 0.25) is 0 Å². The Kier molecular flexibility index (Phi) is 3.53. The summed E-state index contributed by atoms with van der Waals surface area (Å²) in [5.74, 6) is 1.45. The van der Waals surface area contributed by atoms with E-state index in [9.17, 15) is 0 Å². The van der Waals surface area contributed by atoms with Gasteiger partial charge in [-0.1, -0.05) is 51.5 Å². The lowest BCUT2D eigenvalue weighted by molar-refractivity contribution is 0.210. The molecule has 0 aromatic heterocycles. The zero-order valence-electron chi connectivity index (χ0n) is 12.3. The van der Waals surface area contributed by atoms with Crippen LogP contribution in [-0.2, 0) is 10.8 Å². The SMILES string of the molecule is Cc1ccc2c(c1)C(C)(C)C(CCCl)CC2(C)C. The second-order valence-electron chi connectivity index (χ2n) is 7.03. The predicted octanol–water partition coefficient (Wildman–Crippen LogP) is 5.20. The summed E-state index contributed by atoms with van der Waals surface area (Å²) in [6.45, 7) is 11.7. The number of fused-ring (bicyclic) bond motifs is 1. The second-order valence-corrected chi connectivity index (χ2v) is 7.41. The molecule has 100 valence electrons. The summed E-state index contributed by atoms with van der Waals surface area (Å²) in [5, 5.41) is 0. The summed E-state index contributed by atoms with van der Waals surface area (Å²) in [6.07, 6.45) is 2.36. The van der Waals surface area contributed by atoms with E-state index in [-0.39, 0.29) is 10.8 Å². The van der Waals surface area contributed by atoms with E-state index >= 15 is 0 Å². The monoisotopic (exact) mass is 264 g/mol. The van der Waals surface area contributed by atoms with E-state index in [0.717, 1.165) is 12.3 Å². The molecule has 1 heteroatoms. The van der Waals surface area contributed by atoms with Gasteiger partial charge >= 0.3 is 0 Å². The maximum atomic E-state index is 6.01. The van der Waals surface area contributed by atoms with Crippen LogP contribution in [0.4, 0.5) is 0 Å². The average Bonchev–Trinajstić information content (AvgIpc) is 2.26. The fourth-order valence-corrected chi connectivity index (χ4v) is 3.84. The van der Waals surface area contributed by atoms with Crippen LogP contribution in [0.5, 0.6) is 0 Å². The number of aryl methyl sites for hydroxylation is 1. The highest BCUT2D eigenvalue weighted by Gasteiger charge is 2.43. The van der Waals surface area contributed by atoms with Crippen molar-refractivity contribution >= 4 is 11.6 Å². The third-order valence-electron chi connectivity index (χ3n) is 4.83. The number of hydrogen-bond donors (Lipinski definition) is 0. The van der Waals surface area contributed by atoms with Gasteiger partial charge < -0.3 is 0 Å². The van der Waals surface area contributed by atoms with Crippen molar-refractivity contribution in [1.29, 1.82) is 0 Å². The van der Waals surface area contributed by atoms with Gasteiger partial charge in [-0.2, -0.15) is 0 Å². The van der Waals surface area contributed by atoms with E-state index in [1.54, 1.807) is 0 Å². The molecule has 1 aliphatic rings. The van der Waals surface area contributed by atoms with Crippen LogP contribution >= 0.6 is 11.6 Å². The molecule has 1 aliphatic carbocycles. The van der Waals surface area contributed by atoms with Gasteiger partial charge in [-0.15, -0.1) is 11.6 Å². The molecule has 0 nitrogen and oxygen atoms in total. The molecule has 0 amide bonds. The average molecular weight is 265 g/mol. The topological polar surface area (TPSA) is 0 Å². The lowest BCUT2D eigenvalue weighted by atomic mass is 9.57. The summed E-state index contributed by atoms with van der Waals surface area (Å²) in [7, 11) is 0. The third kappa shape index (κ3) is 2.20. The number of hydrogen-bond acceptors (Lipinski definition) is 0. The van der Waals surface area contributed by atoms with E-state index in [1.807, 2.05) is 0 Å². The Bertz CT molecular complexity index is 443. The Morgan fingerprint density at radius 2 is 1.83 bits per heavy atom. The summed E-state index contributed by atoms with van der Waals surface area (Å²) < 4.78 is 0. The number of rotatable bonds is 2. The largest absolute Gasteiger partial charge is 0.127 e. The Morgan fingerprint density at radius 3 is 2.44 bits per heavy atom. The van der Waals surface area contributed by atoms with E-state index in [1.165, 1.54) is 23.1 Å². The first-order chi connectivity index (χ1) is 8.29. The molecular formula is C17H25Cl. The molecule has 0 saturated carbocycles. The van der Waals surface area contributed by atoms with Crippen molar-refractivity contribution in [2.24, 2.45) is 5.92 Å². The number of alkyl halides is 1. The zero-order valence-corrected chi connectivity index (χ0v) is 13.1. The van der Waals surface area contributed by atoms with Crippen LogP contribution in [0.25, 0.3) is 0 Å². The van der Waals surface area contributed by atoms with Gasteiger partial charge in [-0.3, -0.25) is 0 Å². The first-order valence-corrected chi connectivity index (χ1v) is 7.50. The Balaban J connectivity index is 2.57. The van der Waals surface area contributed by atoms with Crippen molar-refractivity contribution in [1.82, 2.24) is 0 Å². The van der Waals surface area contributed by atoms with E-state index in [2.05, 4.69) is 52.8 Å². The van der Waals surface area contributed by atoms with Crippen LogP contribution in [0.3, 0.4) is 0 Å². The van der Waals surface area contributed by atoms with Gasteiger partial charge in [0.05, 0.1) is 0 Å². The fourth-order valence-electron chi connectivity index (χ4n) is 3.58. The minimum atomic E-state index is 0.242. The van der Waals surface area contributed by atoms with Gasteiger partial charge in [0.25, 0.3) is 0 Å². The summed E-state index contributed by atoms with van der Waals surface area (Å²) >= 11 is 6.01. The molecule has 0 fully saturated rings. The zero-order chi connectivity index (χ0) is 13.6. The molecule has 0 saturated heterocycles. The predicted molar refractivity (Wildman–Crippen MR) is 80.7 cm³/mol. The van der Waals surface area contributed by atoms with Gasteiger partial charge in [0.1, 0.15) is 0 Å². The fraction of sp³-hybridized carbons (Fsp3) is 0.647. The number of halogens is 1. The second kappa shape index (κ2) is 4.56. The lowest BCUT2D eigenvalue weighted by Crippen LogP contribution is -2.41. The Labute approximate surface area is 117 Å². The summed E-state index contributed by atoms with van der Waals surface area (Å²) in [5.41, 5.74) is 4.95. The molecule has 1 unspecified atom stereocenters. The van der Waals surface area contributed by atoms with Crippen molar-refractivity contribution in [3.8, 4) is 0 Å². The third-order valence-corrected chi connectivity index (χ3v) is 5.05. The van der Waals surface area contributed by atoms with Crippen LogP contribution in [0.2, 0.25) is 0 Å². The van der Waals surface area contributed by atoms with Gasteiger partial charge in [0.15, 0.2) is 0 Å². The standard InChI is InChI=1S/C17H25Cl/c1-12-6-7-14-15(10-12)17(4,5)13(8-9-18)11-16(14,2)3/h6-7,10,13H,8-9,11H2,1-5H3. The van der Waals surface area contributed by atoms with Crippen LogP contribution in [0, 0.1) is 12.8 Å². The van der Waals surface area contributed by atoms with Crippen LogP contribution < -0.4 is 0 Å². The van der Waals surface area contributed by atoms with Crippen molar-refractivity contribution in [2.75, 3.05) is 5.88 Å². The number of benzene rings is 1. The van der Waals surface area contributed by atoms with Gasteiger partial charge in [0, 0.05) is 5.88 Å². The van der Waals surface area contributed by atoms with E-state index in [4.69, 9.17) is 11.6 Å². The van der Waals surface area contributed by atoms with Crippen molar-refractivity contribution in [2.45, 2.75) is 58.3 Å². The van der Waals surface area contributed by atoms with Gasteiger partial charge in [-0.05, 0) is 47.6 Å². The molecule has 0 spiro atoms. The molecule has 0 radical (unpaired) electrons. The molecule has 0 heterocycles. The molecule has 1 atom stereocenters. The molecule has 1 aromatic carbocycles. The quantitative estimate of drug-likeness (QED) is 0.644. The smallest absolute Gasteiger partial charge is 0.0226 e. The Hall–Kier alpha value is -0.490. The molecular weight excluding hydrogens is 240 g/mol. The highest BCUT2D eigenvalue weighted by molar-refractivity contribution is 6.17. The molecule has 18 heavy (non-hydrogen) atoms. The lowest BCUT2D eigenvalue weighted by Gasteiger charge is -2.48. The highest BCUT2D eigenvalue weighted by atomic mass is 35.5. The molecule has 0 aliphatic heterocycles.